The van der Waals surface area contributed by atoms with Crippen LogP contribution in [0.5, 0.6) is 0 Å². The minimum atomic E-state index is -0.00157. The molecule has 5 nitrogen and oxygen atoms in total. The van der Waals surface area contributed by atoms with Gasteiger partial charge in [0.2, 0.25) is 0 Å². The van der Waals surface area contributed by atoms with Crippen LogP contribution in [0.1, 0.15) is 22.8 Å². The SMILES string of the molecule is Cc1ccc2nc(-c3ccccn3)cc(C(=O)N(C)CC3(C)COC3)c2c1. The van der Waals surface area contributed by atoms with Crippen molar-refractivity contribution < 1.29 is 9.53 Å². The van der Waals surface area contributed by atoms with Gasteiger partial charge in [-0.15, -0.1) is 0 Å². The summed E-state index contributed by atoms with van der Waals surface area (Å²) in [6, 6.07) is 13.6. The molecule has 1 aliphatic rings. The van der Waals surface area contributed by atoms with Crippen molar-refractivity contribution >= 4 is 16.8 Å². The highest BCUT2D eigenvalue weighted by Crippen LogP contribution is 2.29. The van der Waals surface area contributed by atoms with E-state index in [4.69, 9.17) is 9.72 Å². The van der Waals surface area contributed by atoms with Crippen LogP contribution >= 0.6 is 0 Å². The van der Waals surface area contributed by atoms with E-state index in [0.717, 1.165) is 22.2 Å². The van der Waals surface area contributed by atoms with Gasteiger partial charge in [0.05, 0.1) is 35.7 Å². The second kappa shape index (κ2) is 6.74. The minimum absolute atomic E-state index is 0.00157. The van der Waals surface area contributed by atoms with E-state index < -0.39 is 0 Å². The van der Waals surface area contributed by atoms with Gasteiger partial charge in [-0.05, 0) is 37.3 Å². The molecule has 2 aromatic heterocycles. The number of ether oxygens (including phenoxy) is 1. The number of benzene rings is 1. The van der Waals surface area contributed by atoms with Crippen LogP contribution in [0.2, 0.25) is 0 Å². The number of aromatic nitrogens is 2. The van der Waals surface area contributed by atoms with Crippen LogP contribution < -0.4 is 0 Å². The van der Waals surface area contributed by atoms with Gasteiger partial charge in [0.15, 0.2) is 0 Å². The summed E-state index contributed by atoms with van der Waals surface area (Å²) in [5.74, 6) is -0.00157. The van der Waals surface area contributed by atoms with Crippen molar-refractivity contribution in [2.24, 2.45) is 5.41 Å². The van der Waals surface area contributed by atoms with Crippen molar-refractivity contribution in [1.82, 2.24) is 14.9 Å². The molecule has 5 heteroatoms. The van der Waals surface area contributed by atoms with Gasteiger partial charge in [-0.3, -0.25) is 9.78 Å². The molecular weight excluding hydrogens is 338 g/mol. The molecule has 0 atom stereocenters. The van der Waals surface area contributed by atoms with Gasteiger partial charge in [-0.25, -0.2) is 4.98 Å². The zero-order valence-corrected chi connectivity index (χ0v) is 15.9. The van der Waals surface area contributed by atoms with E-state index in [1.807, 2.05) is 56.4 Å². The predicted molar refractivity (Wildman–Crippen MR) is 106 cm³/mol. The van der Waals surface area contributed by atoms with Crippen LogP contribution in [0, 0.1) is 12.3 Å². The van der Waals surface area contributed by atoms with E-state index in [9.17, 15) is 4.79 Å². The second-order valence-electron chi connectivity index (χ2n) is 7.76. The molecule has 1 saturated heterocycles. The molecule has 0 spiro atoms. The molecule has 0 unspecified atom stereocenters. The number of aryl methyl sites for hydroxylation is 1. The lowest BCUT2D eigenvalue weighted by atomic mass is 9.88. The summed E-state index contributed by atoms with van der Waals surface area (Å²) in [4.78, 5) is 24.2. The first-order valence-electron chi connectivity index (χ1n) is 9.11. The Morgan fingerprint density at radius 2 is 2.00 bits per heavy atom. The van der Waals surface area contributed by atoms with Crippen LogP contribution in [0.25, 0.3) is 22.3 Å². The number of fused-ring (bicyclic) bond motifs is 1. The van der Waals surface area contributed by atoms with E-state index in [-0.39, 0.29) is 11.3 Å². The highest BCUT2D eigenvalue weighted by atomic mass is 16.5. The molecule has 1 fully saturated rings. The molecule has 138 valence electrons. The van der Waals surface area contributed by atoms with Gasteiger partial charge < -0.3 is 9.64 Å². The lowest BCUT2D eigenvalue weighted by Gasteiger charge is -2.40. The molecule has 0 bridgehead atoms. The van der Waals surface area contributed by atoms with Crippen molar-refractivity contribution in [3.8, 4) is 11.4 Å². The quantitative estimate of drug-likeness (QED) is 0.711. The third-order valence-corrected chi connectivity index (χ3v) is 4.99. The zero-order valence-electron chi connectivity index (χ0n) is 15.9. The Morgan fingerprint density at radius 3 is 2.67 bits per heavy atom. The van der Waals surface area contributed by atoms with Crippen molar-refractivity contribution in [3.05, 3.63) is 59.8 Å². The molecule has 1 amide bonds. The molecule has 0 N–H and O–H groups in total. The predicted octanol–water partition coefficient (Wildman–Crippen LogP) is 3.71. The average Bonchev–Trinajstić information content (AvgIpc) is 2.66. The van der Waals surface area contributed by atoms with Crippen LogP contribution in [-0.2, 0) is 4.74 Å². The molecule has 3 heterocycles. The van der Waals surface area contributed by atoms with Gasteiger partial charge in [0, 0.05) is 30.6 Å². The van der Waals surface area contributed by atoms with Crippen LogP contribution in [0.4, 0.5) is 0 Å². The lowest BCUT2D eigenvalue weighted by molar-refractivity contribution is -0.109. The molecule has 0 radical (unpaired) electrons. The molecule has 3 aromatic rings. The maximum atomic E-state index is 13.3. The molecular formula is C22H23N3O2. The zero-order chi connectivity index (χ0) is 19.0. The van der Waals surface area contributed by atoms with E-state index in [1.165, 1.54) is 0 Å². The lowest BCUT2D eigenvalue weighted by Crippen LogP contribution is -2.49. The molecule has 1 aromatic carbocycles. The Morgan fingerprint density at radius 1 is 1.19 bits per heavy atom. The fourth-order valence-corrected chi connectivity index (χ4v) is 3.55. The number of rotatable bonds is 4. The third-order valence-electron chi connectivity index (χ3n) is 4.99. The van der Waals surface area contributed by atoms with Crippen LogP contribution in [-0.4, -0.2) is 47.6 Å². The van der Waals surface area contributed by atoms with Crippen molar-refractivity contribution in [2.75, 3.05) is 26.8 Å². The van der Waals surface area contributed by atoms with Crippen molar-refractivity contribution in [1.29, 1.82) is 0 Å². The first kappa shape index (κ1) is 17.6. The third kappa shape index (κ3) is 3.43. The first-order chi connectivity index (χ1) is 13.0. The Kier molecular flexibility index (Phi) is 4.40. The Bertz CT molecular complexity index is 997. The Balaban J connectivity index is 1.79. The first-order valence-corrected chi connectivity index (χ1v) is 9.11. The summed E-state index contributed by atoms with van der Waals surface area (Å²) in [7, 11) is 1.86. The fraction of sp³-hybridized carbons (Fsp3) is 0.318. The molecule has 27 heavy (non-hydrogen) atoms. The number of carbonyl (C=O) groups is 1. The summed E-state index contributed by atoms with van der Waals surface area (Å²) in [5, 5.41) is 0.876. The molecule has 0 aliphatic carbocycles. The molecule has 0 saturated carbocycles. The van der Waals surface area contributed by atoms with Crippen LogP contribution in [0.3, 0.4) is 0 Å². The number of hydrogen-bond acceptors (Lipinski definition) is 4. The minimum Gasteiger partial charge on any atom is -0.380 e. The van der Waals surface area contributed by atoms with Gasteiger partial charge in [0.1, 0.15) is 0 Å². The summed E-state index contributed by atoms with van der Waals surface area (Å²) >= 11 is 0. The number of nitrogens with zero attached hydrogens (tertiary/aromatic N) is 3. The maximum Gasteiger partial charge on any atom is 0.254 e. The van der Waals surface area contributed by atoms with Gasteiger partial charge in [-0.1, -0.05) is 24.6 Å². The normalized spacial score (nSPS) is 15.4. The van der Waals surface area contributed by atoms with E-state index in [0.29, 0.717) is 31.0 Å². The molecule has 4 rings (SSSR count). The molecule has 1 aliphatic heterocycles. The summed E-state index contributed by atoms with van der Waals surface area (Å²) in [6.45, 7) is 6.23. The number of amides is 1. The Labute approximate surface area is 159 Å². The Hall–Kier alpha value is -2.79. The monoisotopic (exact) mass is 361 g/mol. The number of carbonyl (C=O) groups excluding carboxylic acids is 1. The van der Waals surface area contributed by atoms with Gasteiger partial charge >= 0.3 is 0 Å². The number of hydrogen-bond donors (Lipinski definition) is 0. The van der Waals surface area contributed by atoms with E-state index in [2.05, 4.69) is 11.9 Å². The van der Waals surface area contributed by atoms with Crippen molar-refractivity contribution in [3.63, 3.8) is 0 Å². The van der Waals surface area contributed by atoms with Gasteiger partial charge in [0.25, 0.3) is 5.91 Å². The standard InChI is InChI=1S/C22H23N3O2/c1-15-7-8-18-16(10-15)17(11-20(24-18)19-6-4-5-9-23-19)21(26)25(3)12-22(2)13-27-14-22/h4-11H,12-14H2,1-3H3. The van der Waals surface area contributed by atoms with Gasteiger partial charge in [-0.2, -0.15) is 0 Å². The maximum absolute atomic E-state index is 13.3. The van der Waals surface area contributed by atoms with Crippen molar-refractivity contribution in [2.45, 2.75) is 13.8 Å². The summed E-state index contributed by atoms with van der Waals surface area (Å²) in [6.07, 6.45) is 1.74. The average molecular weight is 361 g/mol. The summed E-state index contributed by atoms with van der Waals surface area (Å²) < 4.78 is 5.33. The van der Waals surface area contributed by atoms with E-state index >= 15 is 0 Å². The summed E-state index contributed by atoms with van der Waals surface area (Å²) in [5.41, 5.74) is 4.07. The highest BCUT2D eigenvalue weighted by molar-refractivity contribution is 6.07. The second-order valence-corrected chi connectivity index (χ2v) is 7.76. The van der Waals surface area contributed by atoms with E-state index in [1.54, 1.807) is 11.1 Å². The topological polar surface area (TPSA) is 55.3 Å². The highest BCUT2D eigenvalue weighted by Gasteiger charge is 2.36. The smallest absolute Gasteiger partial charge is 0.254 e. The fourth-order valence-electron chi connectivity index (χ4n) is 3.55. The number of pyridine rings is 2. The largest absolute Gasteiger partial charge is 0.380 e. The van der Waals surface area contributed by atoms with Crippen LogP contribution in [0.15, 0.2) is 48.7 Å².